The van der Waals surface area contributed by atoms with Crippen LogP contribution < -0.4 is 5.73 Å². The molecule has 1 aliphatic heterocycles. The monoisotopic (exact) mass is 226 g/mol. The Balaban J connectivity index is 2.75. The minimum absolute atomic E-state index is 0.284. The highest BCUT2D eigenvalue weighted by Crippen LogP contribution is 2.30. The van der Waals surface area contributed by atoms with Crippen LogP contribution in [0.4, 0.5) is 0 Å². The van der Waals surface area contributed by atoms with Crippen molar-refractivity contribution in [2.24, 2.45) is 17.1 Å². The van der Waals surface area contributed by atoms with Crippen molar-refractivity contribution in [2.75, 3.05) is 13.1 Å². The Kier molecular flexibility index (Phi) is 4.81. The van der Waals surface area contributed by atoms with E-state index in [4.69, 9.17) is 5.73 Å². The topological polar surface area (TPSA) is 29.3 Å². The minimum Gasteiger partial charge on any atom is -0.326 e. The lowest BCUT2D eigenvalue weighted by atomic mass is 9.79. The molecule has 1 aliphatic rings. The van der Waals surface area contributed by atoms with E-state index < -0.39 is 0 Å². The third-order valence-corrected chi connectivity index (χ3v) is 3.85. The number of hydrogen-bond donors (Lipinski definition) is 1. The first-order chi connectivity index (χ1) is 7.36. The molecule has 0 aliphatic carbocycles. The van der Waals surface area contributed by atoms with Crippen LogP contribution in [-0.2, 0) is 0 Å². The number of nitrogens with two attached hydrogens (primary N) is 1. The molecular formula is C14H30N2. The zero-order valence-corrected chi connectivity index (χ0v) is 11.8. The largest absolute Gasteiger partial charge is 0.326 e. The normalized spacial score (nSPS) is 27.8. The molecule has 1 rings (SSSR count). The Morgan fingerprint density at radius 3 is 2.44 bits per heavy atom. The maximum atomic E-state index is 6.34. The van der Waals surface area contributed by atoms with E-state index in [-0.39, 0.29) is 5.41 Å². The minimum atomic E-state index is 0.284. The van der Waals surface area contributed by atoms with E-state index in [1.54, 1.807) is 0 Å². The fraction of sp³-hybridized carbons (Fsp3) is 1.00. The van der Waals surface area contributed by atoms with Crippen molar-refractivity contribution in [1.82, 2.24) is 4.90 Å². The number of piperidine rings is 1. The Hall–Kier alpha value is -0.0800. The molecule has 2 nitrogen and oxygen atoms in total. The van der Waals surface area contributed by atoms with Gasteiger partial charge < -0.3 is 5.73 Å². The standard InChI is InChI=1S/C14H30N2/c1-6-12(15)13(14(3,4)5)16-9-7-8-11(2)10-16/h11-13H,6-10,15H2,1-5H3. The molecule has 3 atom stereocenters. The molecule has 16 heavy (non-hydrogen) atoms. The maximum Gasteiger partial charge on any atom is 0.0295 e. The van der Waals surface area contributed by atoms with Crippen LogP contribution in [0.1, 0.15) is 53.9 Å². The Labute approximate surface area is 102 Å². The van der Waals surface area contributed by atoms with E-state index in [1.807, 2.05) is 0 Å². The van der Waals surface area contributed by atoms with Gasteiger partial charge in [0.05, 0.1) is 0 Å². The van der Waals surface area contributed by atoms with Crippen LogP contribution in [0.25, 0.3) is 0 Å². The highest BCUT2D eigenvalue weighted by Gasteiger charge is 2.35. The summed E-state index contributed by atoms with van der Waals surface area (Å²) in [5.41, 5.74) is 6.62. The lowest BCUT2D eigenvalue weighted by Crippen LogP contribution is -2.56. The first-order valence-corrected chi connectivity index (χ1v) is 6.86. The molecule has 2 heteroatoms. The van der Waals surface area contributed by atoms with Crippen LogP contribution >= 0.6 is 0 Å². The van der Waals surface area contributed by atoms with Gasteiger partial charge in [-0.3, -0.25) is 4.90 Å². The Morgan fingerprint density at radius 1 is 1.38 bits per heavy atom. The predicted octanol–water partition coefficient (Wildman–Crippen LogP) is 2.87. The molecule has 96 valence electrons. The summed E-state index contributed by atoms with van der Waals surface area (Å²) in [5, 5.41) is 0. The van der Waals surface area contributed by atoms with Gasteiger partial charge in [0.25, 0.3) is 0 Å². The van der Waals surface area contributed by atoms with E-state index in [0.717, 1.165) is 12.3 Å². The smallest absolute Gasteiger partial charge is 0.0295 e. The van der Waals surface area contributed by atoms with Crippen molar-refractivity contribution in [3.8, 4) is 0 Å². The third-order valence-electron chi connectivity index (χ3n) is 3.85. The average Bonchev–Trinajstić information content (AvgIpc) is 2.15. The van der Waals surface area contributed by atoms with Gasteiger partial charge in [-0.25, -0.2) is 0 Å². The highest BCUT2D eigenvalue weighted by atomic mass is 15.2. The van der Waals surface area contributed by atoms with E-state index in [9.17, 15) is 0 Å². The average molecular weight is 226 g/mol. The molecule has 3 unspecified atom stereocenters. The number of hydrogen-bond acceptors (Lipinski definition) is 2. The van der Waals surface area contributed by atoms with Gasteiger partial charge in [0.15, 0.2) is 0 Å². The molecule has 1 fully saturated rings. The lowest BCUT2D eigenvalue weighted by molar-refractivity contribution is 0.0433. The Bertz CT molecular complexity index is 207. The van der Waals surface area contributed by atoms with E-state index in [2.05, 4.69) is 39.5 Å². The molecule has 0 amide bonds. The number of rotatable bonds is 3. The summed E-state index contributed by atoms with van der Waals surface area (Å²) >= 11 is 0. The van der Waals surface area contributed by atoms with Gasteiger partial charge in [-0.05, 0) is 37.1 Å². The van der Waals surface area contributed by atoms with Crippen LogP contribution in [0.2, 0.25) is 0 Å². The van der Waals surface area contributed by atoms with Crippen molar-refractivity contribution in [3.05, 3.63) is 0 Å². The molecule has 0 spiro atoms. The van der Waals surface area contributed by atoms with Crippen LogP contribution in [0.15, 0.2) is 0 Å². The number of likely N-dealkylation sites (tertiary alicyclic amines) is 1. The van der Waals surface area contributed by atoms with Crippen molar-refractivity contribution < 1.29 is 0 Å². The van der Waals surface area contributed by atoms with E-state index in [1.165, 1.54) is 25.9 Å². The zero-order valence-electron chi connectivity index (χ0n) is 11.8. The van der Waals surface area contributed by atoms with Gasteiger partial charge in [0.2, 0.25) is 0 Å². The number of nitrogens with zero attached hydrogens (tertiary/aromatic N) is 1. The van der Waals surface area contributed by atoms with Crippen molar-refractivity contribution in [3.63, 3.8) is 0 Å². The summed E-state index contributed by atoms with van der Waals surface area (Å²) in [6.07, 6.45) is 3.80. The highest BCUT2D eigenvalue weighted by molar-refractivity contribution is 4.92. The van der Waals surface area contributed by atoms with Crippen LogP contribution in [0.5, 0.6) is 0 Å². The fourth-order valence-electron chi connectivity index (χ4n) is 3.16. The van der Waals surface area contributed by atoms with Crippen molar-refractivity contribution in [1.29, 1.82) is 0 Å². The maximum absolute atomic E-state index is 6.34. The molecule has 1 saturated heterocycles. The molecule has 0 aromatic heterocycles. The molecule has 0 aromatic carbocycles. The molecule has 0 saturated carbocycles. The quantitative estimate of drug-likeness (QED) is 0.802. The first kappa shape index (κ1) is 14.0. The molecule has 0 aromatic rings. The summed E-state index contributed by atoms with van der Waals surface area (Å²) < 4.78 is 0. The van der Waals surface area contributed by atoms with E-state index >= 15 is 0 Å². The molecule has 0 bridgehead atoms. The zero-order chi connectivity index (χ0) is 12.3. The first-order valence-electron chi connectivity index (χ1n) is 6.86. The van der Waals surface area contributed by atoms with Gasteiger partial charge in [-0.2, -0.15) is 0 Å². The van der Waals surface area contributed by atoms with Gasteiger partial charge in [0, 0.05) is 18.6 Å². The van der Waals surface area contributed by atoms with Crippen LogP contribution in [-0.4, -0.2) is 30.1 Å². The molecule has 0 radical (unpaired) electrons. The molecule has 2 N–H and O–H groups in total. The van der Waals surface area contributed by atoms with Crippen molar-refractivity contribution >= 4 is 0 Å². The fourth-order valence-corrected chi connectivity index (χ4v) is 3.16. The Morgan fingerprint density at radius 2 is 2.00 bits per heavy atom. The van der Waals surface area contributed by atoms with Gasteiger partial charge >= 0.3 is 0 Å². The van der Waals surface area contributed by atoms with Crippen LogP contribution in [0.3, 0.4) is 0 Å². The second kappa shape index (κ2) is 5.50. The van der Waals surface area contributed by atoms with Gasteiger partial charge in [0.1, 0.15) is 0 Å². The third kappa shape index (κ3) is 3.46. The van der Waals surface area contributed by atoms with E-state index in [0.29, 0.717) is 12.1 Å². The summed E-state index contributed by atoms with van der Waals surface area (Å²) in [6, 6.07) is 0.838. The summed E-state index contributed by atoms with van der Waals surface area (Å²) in [6.45, 7) is 14.0. The lowest BCUT2D eigenvalue weighted by Gasteiger charge is -2.46. The second-order valence-corrected chi connectivity index (χ2v) is 6.63. The molecular weight excluding hydrogens is 196 g/mol. The summed E-state index contributed by atoms with van der Waals surface area (Å²) in [7, 11) is 0. The SMILES string of the molecule is CCC(N)C(N1CCCC(C)C1)C(C)(C)C. The molecule has 1 heterocycles. The summed E-state index contributed by atoms with van der Waals surface area (Å²) in [4.78, 5) is 2.64. The van der Waals surface area contributed by atoms with Gasteiger partial charge in [-0.15, -0.1) is 0 Å². The van der Waals surface area contributed by atoms with Crippen LogP contribution in [0, 0.1) is 11.3 Å². The van der Waals surface area contributed by atoms with Crippen molar-refractivity contribution in [2.45, 2.75) is 66.0 Å². The second-order valence-electron chi connectivity index (χ2n) is 6.63. The summed E-state index contributed by atoms with van der Waals surface area (Å²) in [5.74, 6) is 0.836. The van der Waals surface area contributed by atoms with Gasteiger partial charge in [-0.1, -0.05) is 34.6 Å². The predicted molar refractivity (Wildman–Crippen MR) is 71.5 cm³/mol.